The van der Waals surface area contributed by atoms with Gasteiger partial charge in [0.2, 0.25) is 0 Å². The average molecular weight is 377 g/mol. The van der Waals surface area contributed by atoms with Crippen molar-refractivity contribution in [3.63, 3.8) is 0 Å². The zero-order valence-corrected chi connectivity index (χ0v) is 13.7. The monoisotopic (exact) mass is 376 g/mol. The summed E-state index contributed by atoms with van der Waals surface area (Å²) >= 11 is 5.69. The molecule has 134 valence electrons. The molecule has 1 amide bonds. The molecule has 25 heavy (non-hydrogen) atoms. The predicted octanol–water partition coefficient (Wildman–Crippen LogP) is 2.67. The lowest BCUT2D eigenvalue weighted by Crippen LogP contribution is -2.30. The highest BCUT2D eigenvalue weighted by molar-refractivity contribution is 6.33. The number of aromatic nitrogens is 3. The van der Waals surface area contributed by atoms with Crippen molar-refractivity contribution >= 4 is 29.3 Å². The van der Waals surface area contributed by atoms with Gasteiger partial charge in [0.15, 0.2) is 11.9 Å². The molecule has 0 saturated carbocycles. The number of pyridine rings is 1. The van der Waals surface area contributed by atoms with Crippen molar-refractivity contribution in [2.75, 3.05) is 5.32 Å². The second kappa shape index (κ2) is 7.09. The number of ether oxygens (including phenoxy) is 1. The zero-order chi connectivity index (χ0) is 18.8. The number of hydrogen-bond donors (Lipinski definition) is 1. The van der Waals surface area contributed by atoms with Gasteiger partial charge in [0.05, 0.1) is 22.3 Å². The lowest BCUT2D eigenvalue weighted by atomic mass is 10.2. The lowest BCUT2D eigenvalue weighted by Gasteiger charge is -2.14. The maximum Gasteiger partial charge on any atom is 0.417 e. The second-order valence-corrected chi connectivity index (χ2v) is 5.40. The van der Waals surface area contributed by atoms with Crippen LogP contribution in [0.3, 0.4) is 0 Å². The van der Waals surface area contributed by atoms with E-state index in [1.54, 1.807) is 7.05 Å². The lowest BCUT2D eigenvalue weighted by molar-refractivity contribution is -0.137. The number of halogens is 4. The molecule has 1 N–H and O–H groups in total. The van der Waals surface area contributed by atoms with Gasteiger partial charge in [-0.1, -0.05) is 11.6 Å². The fourth-order valence-corrected chi connectivity index (χ4v) is 1.93. The Balaban J connectivity index is 2.02. The maximum atomic E-state index is 12.5. The molecule has 2 rings (SSSR count). The van der Waals surface area contributed by atoms with Gasteiger partial charge in [0.25, 0.3) is 5.91 Å². The molecule has 2 aromatic heterocycles. The van der Waals surface area contributed by atoms with Gasteiger partial charge < -0.3 is 10.1 Å². The number of alkyl halides is 3. The van der Waals surface area contributed by atoms with E-state index in [0.717, 1.165) is 0 Å². The minimum absolute atomic E-state index is 0.146. The van der Waals surface area contributed by atoms with Gasteiger partial charge >= 0.3 is 12.1 Å². The molecule has 0 fully saturated rings. The molecule has 0 aliphatic rings. The first kappa shape index (κ1) is 18.7. The number of nitrogens with zero attached hydrogens (tertiary/aromatic N) is 3. The first-order valence-electron chi connectivity index (χ1n) is 6.81. The van der Waals surface area contributed by atoms with Crippen LogP contribution >= 0.6 is 11.6 Å². The number of hydrogen-bond acceptors (Lipinski definition) is 5. The van der Waals surface area contributed by atoms with Gasteiger partial charge in [-0.25, -0.2) is 9.78 Å². The van der Waals surface area contributed by atoms with Crippen molar-refractivity contribution in [3.8, 4) is 0 Å². The van der Waals surface area contributed by atoms with Gasteiger partial charge in [-0.3, -0.25) is 9.48 Å². The molecule has 0 aliphatic heterocycles. The van der Waals surface area contributed by atoms with Crippen LogP contribution < -0.4 is 5.32 Å². The van der Waals surface area contributed by atoms with Crippen LogP contribution in [-0.2, 0) is 22.8 Å². The number of anilines is 1. The van der Waals surface area contributed by atoms with E-state index in [-0.39, 0.29) is 11.4 Å². The van der Waals surface area contributed by atoms with Crippen molar-refractivity contribution in [1.82, 2.24) is 14.8 Å². The molecule has 0 bridgehead atoms. The number of aryl methyl sites for hydroxylation is 1. The van der Waals surface area contributed by atoms with Gasteiger partial charge in [0.1, 0.15) is 0 Å². The standard InChI is InChI=1S/C14H12ClF3N4O3/c1-7(25-13(24)8-4-20-22(2)6-8)12(23)21-11-10(15)3-9(5-19-11)14(16,17)18/h3-7H,1-2H3,(H,19,21,23). The molecule has 0 saturated heterocycles. The van der Waals surface area contributed by atoms with Gasteiger partial charge in [-0.2, -0.15) is 18.3 Å². The molecule has 7 nitrogen and oxygen atoms in total. The summed E-state index contributed by atoms with van der Waals surface area (Å²) in [6, 6.07) is 0.635. The third-order valence-electron chi connectivity index (χ3n) is 3.00. The number of carbonyl (C=O) groups is 2. The fourth-order valence-electron chi connectivity index (χ4n) is 1.71. The Kier molecular flexibility index (Phi) is 5.31. The minimum atomic E-state index is -4.61. The first-order chi connectivity index (χ1) is 11.6. The number of nitrogens with one attached hydrogen (secondary N) is 1. The van der Waals surface area contributed by atoms with E-state index in [1.165, 1.54) is 24.0 Å². The van der Waals surface area contributed by atoms with Crippen LogP contribution in [0.15, 0.2) is 24.7 Å². The van der Waals surface area contributed by atoms with Crippen LogP contribution in [0.2, 0.25) is 5.02 Å². The van der Waals surface area contributed by atoms with Gasteiger partial charge in [-0.05, 0) is 13.0 Å². The summed E-state index contributed by atoms with van der Waals surface area (Å²) in [5.41, 5.74) is -0.903. The van der Waals surface area contributed by atoms with Crippen LogP contribution in [0.25, 0.3) is 0 Å². The summed E-state index contributed by atoms with van der Waals surface area (Å²) < 4.78 is 44.0. The second-order valence-electron chi connectivity index (χ2n) is 4.99. The molecule has 0 aliphatic carbocycles. The Bertz CT molecular complexity index is 807. The van der Waals surface area contributed by atoms with E-state index in [0.29, 0.717) is 12.3 Å². The number of esters is 1. The normalized spacial score (nSPS) is 12.6. The largest absolute Gasteiger partial charge is 0.449 e. The van der Waals surface area contributed by atoms with Crippen molar-refractivity contribution < 1.29 is 27.5 Å². The highest BCUT2D eigenvalue weighted by atomic mass is 35.5. The van der Waals surface area contributed by atoms with E-state index in [9.17, 15) is 22.8 Å². The van der Waals surface area contributed by atoms with E-state index in [2.05, 4.69) is 15.4 Å². The first-order valence-corrected chi connectivity index (χ1v) is 7.19. The zero-order valence-electron chi connectivity index (χ0n) is 13.0. The summed E-state index contributed by atoms with van der Waals surface area (Å²) in [6.07, 6.45) is -2.63. The Morgan fingerprint density at radius 1 is 1.36 bits per heavy atom. The predicted molar refractivity (Wildman–Crippen MR) is 81.0 cm³/mol. The minimum Gasteiger partial charge on any atom is -0.449 e. The molecular formula is C14H12ClF3N4O3. The molecule has 2 heterocycles. The third kappa shape index (κ3) is 4.69. The summed E-state index contributed by atoms with van der Waals surface area (Å²) in [5, 5.41) is 5.60. The summed E-state index contributed by atoms with van der Waals surface area (Å²) in [6.45, 7) is 1.29. The molecular weight excluding hydrogens is 365 g/mol. The van der Waals surface area contributed by atoms with Crippen LogP contribution in [0.4, 0.5) is 19.0 Å². The van der Waals surface area contributed by atoms with E-state index in [1.807, 2.05) is 0 Å². The van der Waals surface area contributed by atoms with Crippen LogP contribution in [0.1, 0.15) is 22.8 Å². The Labute approximate surface area is 144 Å². The quantitative estimate of drug-likeness (QED) is 0.829. The van der Waals surface area contributed by atoms with E-state index >= 15 is 0 Å². The number of amides is 1. The van der Waals surface area contributed by atoms with E-state index < -0.39 is 34.7 Å². The molecule has 0 radical (unpaired) electrons. The number of carbonyl (C=O) groups excluding carboxylic acids is 2. The summed E-state index contributed by atoms with van der Waals surface area (Å²) in [7, 11) is 1.60. The molecule has 1 unspecified atom stereocenters. The molecule has 2 aromatic rings. The van der Waals surface area contributed by atoms with Crippen molar-refractivity contribution in [2.24, 2.45) is 7.05 Å². The van der Waals surface area contributed by atoms with Crippen LogP contribution in [0, 0.1) is 0 Å². The van der Waals surface area contributed by atoms with Crippen LogP contribution in [0.5, 0.6) is 0 Å². The van der Waals surface area contributed by atoms with Crippen LogP contribution in [-0.4, -0.2) is 32.7 Å². The smallest absolute Gasteiger partial charge is 0.417 e. The average Bonchev–Trinajstić information content (AvgIpc) is 2.94. The summed E-state index contributed by atoms with van der Waals surface area (Å²) in [4.78, 5) is 27.3. The highest BCUT2D eigenvalue weighted by Crippen LogP contribution is 2.32. The highest BCUT2D eigenvalue weighted by Gasteiger charge is 2.32. The maximum absolute atomic E-state index is 12.5. The Hall–Kier alpha value is -2.62. The molecule has 0 spiro atoms. The molecule has 0 aromatic carbocycles. The molecule has 1 atom stereocenters. The Morgan fingerprint density at radius 2 is 2.04 bits per heavy atom. The van der Waals surface area contributed by atoms with Crippen molar-refractivity contribution in [1.29, 1.82) is 0 Å². The third-order valence-corrected chi connectivity index (χ3v) is 3.29. The summed E-state index contributed by atoms with van der Waals surface area (Å²) in [5.74, 6) is -1.85. The van der Waals surface area contributed by atoms with Crippen molar-refractivity contribution in [3.05, 3.63) is 40.8 Å². The van der Waals surface area contributed by atoms with Crippen molar-refractivity contribution in [2.45, 2.75) is 19.2 Å². The number of rotatable bonds is 4. The molecule has 11 heteroatoms. The van der Waals surface area contributed by atoms with Gasteiger partial charge in [-0.15, -0.1) is 0 Å². The topological polar surface area (TPSA) is 86.1 Å². The fraction of sp³-hybridized carbons (Fsp3) is 0.286. The SMILES string of the molecule is CC(OC(=O)c1cnn(C)c1)C(=O)Nc1ncc(C(F)(F)F)cc1Cl. The van der Waals surface area contributed by atoms with E-state index in [4.69, 9.17) is 16.3 Å². The Morgan fingerprint density at radius 3 is 2.56 bits per heavy atom. The van der Waals surface area contributed by atoms with Gasteiger partial charge in [0, 0.05) is 19.4 Å².